The molecule has 0 heterocycles. The first-order valence-corrected chi connectivity index (χ1v) is 5.63. The van der Waals surface area contributed by atoms with Crippen molar-refractivity contribution in [3.05, 3.63) is 28.2 Å². The second-order valence-electron chi connectivity index (χ2n) is 3.46. The maximum Gasteiger partial charge on any atom is 0.120 e. The molecule has 86 valence electrons. The van der Waals surface area contributed by atoms with Crippen LogP contribution in [0.2, 0.25) is 0 Å². The maximum absolute atomic E-state index is 9.56. The van der Waals surface area contributed by atoms with Gasteiger partial charge in [-0.2, -0.15) is 0 Å². The van der Waals surface area contributed by atoms with Crippen LogP contribution in [0.25, 0.3) is 0 Å². The van der Waals surface area contributed by atoms with E-state index in [1.165, 1.54) is 0 Å². The summed E-state index contributed by atoms with van der Waals surface area (Å²) in [6.45, 7) is 4.98. The van der Waals surface area contributed by atoms with Gasteiger partial charge in [0.25, 0.3) is 0 Å². The quantitative estimate of drug-likeness (QED) is 0.891. The van der Waals surface area contributed by atoms with Gasteiger partial charge in [-0.05, 0) is 31.5 Å². The zero-order valence-corrected chi connectivity index (χ0v) is 11.4. The van der Waals surface area contributed by atoms with Crippen LogP contribution in [-0.4, -0.2) is 11.1 Å². The number of phenolic OH excluding ortho intramolecular Hbond substituents is 1. The average Bonchev–Trinajstić information content (AvgIpc) is 2.19. The highest BCUT2D eigenvalue weighted by Crippen LogP contribution is 2.21. The number of nitrogens with one attached hydrogen (secondary N) is 1. The molecule has 1 aromatic carbocycles. The first-order valence-electron chi connectivity index (χ1n) is 4.84. The molecular weight excluding hydrogens is 277 g/mol. The van der Waals surface area contributed by atoms with Gasteiger partial charge >= 0.3 is 0 Å². The number of hydrogen-bond acceptors (Lipinski definition) is 2. The molecule has 0 aliphatic heterocycles. The van der Waals surface area contributed by atoms with Crippen molar-refractivity contribution >= 4 is 28.3 Å². The molecule has 1 rings (SSSR count). The van der Waals surface area contributed by atoms with Gasteiger partial charge in [0, 0.05) is 22.6 Å². The molecule has 0 aromatic heterocycles. The number of benzene rings is 1. The normalized spacial score (nSPS) is 11.9. The van der Waals surface area contributed by atoms with Crippen LogP contribution in [-0.2, 0) is 6.54 Å². The summed E-state index contributed by atoms with van der Waals surface area (Å²) in [7, 11) is 0. The first kappa shape index (κ1) is 14.8. The first-order chi connectivity index (χ1) is 6.63. The zero-order chi connectivity index (χ0) is 10.6. The molecule has 1 atom stereocenters. The van der Waals surface area contributed by atoms with Gasteiger partial charge in [0.05, 0.1) is 0 Å². The van der Waals surface area contributed by atoms with E-state index in [0.29, 0.717) is 18.3 Å². The minimum atomic E-state index is 0. The number of halogens is 2. The van der Waals surface area contributed by atoms with Crippen molar-refractivity contribution < 1.29 is 5.11 Å². The van der Waals surface area contributed by atoms with Gasteiger partial charge in [-0.3, -0.25) is 0 Å². The molecule has 1 unspecified atom stereocenters. The van der Waals surface area contributed by atoms with E-state index in [9.17, 15) is 5.11 Å². The van der Waals surface area contributed by atoms with E-state index in [1.807, 2.05) is 12.1 Å². The minimum absolute atomic E-state index is 0. The Kier molecular flexibility index (Phi) is 6.98. The van der Waals surface area contributed by atoms with Crippen molar-refractivity contribution in [1.82, 2.24) is 5.32 Å². The standard InChI is InChI=1S/C11H16BrNO.ClH/c1-3-8(2)13-7-9-6-10(12)4-5-11(9)14;/h4-6,8,13-14H,3,7H2,1-2H3;1H. The van der Waals surface area contributed by atoms with E-state index in [2.05, 4.69) is 35.1 Å². The van der Waals surface area contributed by atoms with Crippen LogP contribution in [0.3, 0.4) is 0 Å². The Morgan fingerprint density at radius 2 is 2.13 bits per heavy atom. The van der Waals surface area contributed by atoms with Crippen LogP contribution in [0.15, 0.2) is 22.7 Å². The van der Waals surface area contributed by atoms with Crippen LogP contribution in [0, 0.1) is 0 Å². The topological polar surface area (TPSA) is 32.3 Å². The smallest absolute Gasteiger partial charge is 0.120 e. The Hall–Kier alpha value is -0.250. The molecule has 1 aromatic rings. The molecule has 0 radical (unpaired) electrons. The van der Waals surface area contributed by atoms with Crippen LogP contribution in [0.4, 0.5) is 0 Å². The molecule has 4 heteroatoms. The summed E-state index contributed by atoms with van der Waals surface area (Å²) in [6, 6.07) is 5.96. The summed E-state index contributed by atoms with van der Waals surface area (Å²) in [5.74, 6) is 0.351. The summed E-state index contributed by atoms with van der Waals surface area (Å²) >= 11 is 3.38. The highest BCUT2D eigenvalue weighted by atomic mass is 79.9. The molecule has 15 heavy (non-hydrogen) atoms. The molecule has 0 bridgehead atoms. The monoisotopic (exact) mass is 293 g/mol. The predicted octanol–water partition coefficient (Wildman–Crippen LogP) is 3.46. The lowest BCUT2D eigenvalue weighted by atomic mass is 10.2. The fourth-order valence-corrected chi connectivity index (χ4v) is 1.53. The third kappa shape index (κ3) is 4.87. The molecule has 0 fully saturated rings. The fraction of sp³-hybridized carbons (Fsp3) is 0.455. The van der Waals surface area contributed by atoms with Gasteiger partial charge in [0.2, 0.25) is 0 Å². The molecule has 2 nitrogen and oxygen atoms in total. The van der Waals surface area contributed by atoms with Gasteiger partial charge in [-0.25, -0.2) is 0 Å². The number of aromatic hydroxyl groups is 1. The zero-order valence-electron chi connectivity index (χ0n) is 8.96. The predicted molar refractivity (Wildman–Crippen MR) is 69.6 cm³/mol. The van der Waals surface area contributed by atoms with E-state index in [4.69, 9.17) is 0 Å². The van der Waals surface area contributed by atoms with Gasteiger partial charge in [0.1, 0.15) is 5.75 Å². The van der Waals surface area contributed by atoms with Crippen LogP contribution >= 0.6 is 28.3 Å². The molecule has 2 N–H and O–H groups in total. The molecular formula is C11H17BrClNO. The van der Waals surface area contributed by atoms with Crippen molar-refractivity contribution in [2.45, 2.75) is 32.9 Å². The summed E-state index contributed by atoms with van der Waals surface area (Å²) in [5, 5.41) is 12.9. The third-order valence-corrected chi connectivity index (χ3v) is 2.79. The van der Waals surface area contributed by atoms with Crippen molar-refractivity contribution in [2.75, 3.05) is 0 Å². The van der Waals surface area contributed by atoms with Crippen molar-refractivity contribution in [3.8, 4) is 5.75 Å². The highest BCUT2D eigenvalue weighted by Gasteiger charge is 2.03. The molecule has 0 aliphatic rings. The van der Waals surface area contributed by atoms with E-state index in [1.54, 1.807) is 6.07 Å². The van der Waals surface area contributed by atoms with Crippen LogP contribution < -0.4 is 5.32 Å². The Morgan fingerprint density at radius 3 is 2.73 bits per heavy atom. The van der Waals surface area contributed by atoms with E-state index >= 15 is 0 Å². The lowest BCUT2D eigenvalue weighted by Crippen LogP contribution is -2.24. The Labute approximate surface area is 106 Å². The van der Waals surface area contributed by atoms with E-state index in [-0.39, 0.29) is 12.4 Å². The second kappa shape index (κ2) is 7.09. The molecule has 0 saturated heterocycles. The molecule has 0 amide bonds. The summed E-state index contributed by atoms with van der Waals surface area (Å²) in [6.07, 6.45) is 1.09. The Bertz CT molecular complexity index is 307. The summed E-state index contributed by atoms with van der Waals surface area (Å²) < 4.78 is 0.997. The Morgan fingerprint density at radius 1 is 1.47 bits per heavy atom. The van der Waals surface area contributed by atoms with E-state index in [0.717, 1.165) is 16.5 Å². The second-order valence-corrected chi connectivity index (χ2v) is 4.38. The molecule has 0 aliphatic carbocycles. The van der Waals surface area contributed by atoms with E-state index < -0.39 is 0 Å². The van der Waals surface area contributed by atoms with Crippen LogP contribution in [0.5, 0.6) is 5.75 Å². The minimum Gasteiger partial charge on any atom is -0.508 e. The summed E-state index contributed by atoms with van der Waals surface area (Å²) in [4.78, 5) is 0. The highest BCUT2D eigenvalue weighted by molar-refractivity contribution is 9.10. The fourth-order valence-electron chi connectivity index (χ4n) is 1.12. The van der Waals surface area contributed by atoms with Gasteiger partial charge in [-0.15, -0.1) is 12.4 Å². The van der Waals surface area contributed by atoms with Crippen molar-refractivity contribution in [3.63, 3.8) is 0 Å². The number of rotatable bonds is 4. The lowest BCUT2D eigenvalue weighted by Gasteiger charge is -2.12. The average molecular weight is 295 g/mol. The third-order valence-electron chi connectivity index (χ3n) is 2.29. The van der Waals surface area contributed by atoms with Crippen molar-refractivity contribution in [1.29, 1.82) is 0 Å². The molecule has 0 saturated carbocycles. The van der Waals surface area contributed by atoms with Gasteiger partial charge in [-0.1, -0.05) is 22.9 Å². The number of hydrogen-bond donors (Lipinski definition) is 2. The van der Waals surface area contributed by atoms with Gasteiger partial charge < -0.3 is 10.4 Å². The van der Waals surface area contributed by atoms with Crippen LogP contribution in [0.1, 0.15) is 25.8 Å². The lowest BCUT2D eigenvalue weighted by molar-refractivity contribution is 0.457. The summed E-state index contributed by atoms with van der Waals surface area (Å²) in [5.41, 5.74) is 0.930. The Balaban J connectivity index is 0.00000196. The largest absolute Gasteiger partial charge is 0.508 e. The maximum atomic E-state index is 9.56. The SMILES string of the molecule is CCC(C)NCc1cc(Br)ccc1O.Cl. The van der Waals surface area contributed by atoms with Gasteiger partial charge in [0.15, 0.2) is 0 Å². The molecule has 0 spiro atoms. The number of phenols is 1. The van der Waals surface area contributed by atoms with Crippen molar-refractivity contribution in [2.24, 2.45) is 0 Å².